The van der Waals surface area contributed by atoms with Crippen molar-refractivity contribution >= 4 is 6.08 Å². The second-order valence-electron chi connectivity index (χ2n) is 5.77. The van der Waals surface area contributed by atoms with Gasteiger partial charge in [-0.15, -0.1) is 0 Å². The Labute approximate surface area is 117 Å². The third kappa shape index (κ3) is 3.93. The van der Waals surface area contributed by atoms with Gasteiger partial charge in [-0.3, -0.25) is 0 Å². The number of allylic oxidation sites excluding steroid dienone is 1. The fraction of sp³-hybridized carbons (Fsp3) is 0.688. The zero-order valence-electron chi connectivity index (χ0n) is 12.6. The SMILES string of the molecule is CC=Cc1cn(CCCN2CCCC2)c(C(C)C)n1. The zero-order valence-corrected chi connectivity index (χ0v) is 12.6. The van der Waals surface area contributed by atoms with Crippen molar-refractivity contribution in [3.05, 3.63) is 23.8 Å². The Balaban J connectivity index is 1.93. The number of hydrogen-bond acceptors (Lipinski definition) is 2. The molecule has 0 N–H and O–H groups in total. The van der Waals surface area contributed by atoms with Gasteiger partial charge in [0.2, 0.25) is 0 Å². The van der Waals surface area contributed by atoms with Crippen LogP contribution in [-0.2, 0) is 6.54 Å². The minimum Gasteiger partial charge on any atom is -0.334 e. The second kappa shape index (κ2) is 6.90. The van der Waals surface area contributed by atoms with Gasteiger partial charge in [0.15, 0.2) is 0 Å². The first kappa shape index (κ1) is 14.3. The highest BCUT2D eigenvalue weighted by Crippen LogP contribution is 2.16. The first-order chi connectivity index (χ1) is 9.20. The van der Waals surface area contributed by atoms with Gasteiger partial charge in [0.25, 0.3) is 0 Å². The highest BCUT2D eigenvalue weighted by atomic mass is 15.1. The van der Waals surface area contributed by atoms with Gasteiger partial charge < -0.3 is 9.47 Å². The predicted molar refractivity (Wildman–Crippen MR) is 81.3 cm³/mol. The van der Waals surface area contributed by atoms with Gasteiger partial charge in [0.1, 0.15) is 5.82 Å². The summed E-state index contributed by atoms with van der Waals surface area (Å²) in [4.78, 5) is 7.29. The van der Waals surface area contributed by atoms with Crippen molar-refractivity contribution in [2.24, 2.45) is 0 Å². The summed E-state index contributed by atoms with van der Waals surface area (Å²) in [7, 11) is 0. The first-order valence-corrected chi connectivity index (χ1v) is 7.63. The smallest absolute Gasteiger partial charge is 0.111 e. The molecule has 0 saturated carbocycles. The Morgan fingerprint density at radius 3 is 2.63 bits per heavy atom. The van der Waals surface area contributed by atoms with Crippen LogP contribution in [0.5, 0.6) is 0 Å². The van der Waals surface area contributed by atoms with Crippen molar-refractivity contribution < 1.29 is 0 Å². The van der Waals surface area contributed by atoms with E-state index in [1.54, 1.807) is 0 Å². The van der Waals surface area contributed by atoms with Gasteiger partial charge in [0, 0.05) is 18.7 Å². The Morgan fingerprint density at radius 2 is 2.00 bits per heavy atom. The molecule has 3 heteroatoms. The largest absolute Gasteiger partial charge is 0.334 e. The lowest BCUT2D eigenvalue weighted by Gasteiger charge is -2.15. The molecule has 0 aliphatic carbocycles. The Kier molecular flexibility index (Phi) is 5.20. The van der Waals surface area contributed by atoms with Crippen LogP contribution >= 0.6 is 0 Å². The van der Waals surface area contributed by atoms with E-state index in [-0.39, 0.29) is 0 Å². The van der Waals surface area contributed by atoms with Crippen molar-refractivity contribution in [1.29, 1.82) is 0 Å². The van der Waals surface area contributed by atoms with Crippen LogP contribution in [0.4, 0.5) is 0 Å². The molecule has 1 aliphatic rings. The van der Waals surface area contributed by atoms with Crippen LogP contribution in [0.2, 0.25) is 0 Å². The van der Waals surface area contributed by atoms with Crippen molar-refractivity contribution in [2.75, 3.05) is 19.6 Å². The van der Waals surface area contributed by atoms with Crippen LogP contribution in [0.1, 0.15) is 57.5 Å². The summed E-state index contributed by atoms with van der Waals surface area (Å²) >= 11 is 0. The van der Waals surface area contributed by atoms with Gasteiger partial charge in [-0.25, -0.2) is 4.98 Å². The average Bonchev–Trinajstić information content (AvgIpc) is 2.99. The van der Waals surface area contributed by atoms with Crippen molar-refractivity contribution in [3.63, 3.8) is 0 Å². The van der Waals surface area contributed by atoms with Gasteiger partial charge >= 0.3 is 0 Å². The molecule has 2 rings (SSSR count). The molecule has 0 unspecified atom stereocenters. The average molecular weight is 261 g/mol. The first-order valence-electron chi connectivity index (χ1n) is 7.63. The molecular weight excluding hydrogens is 234 g/mol. The molecule has 0 bridgehead atoms. The van der Waals surface area contributed by atoms with E-state index in [2.05, 4.69) is 41.7 Å². The summed E-state index contributed by atoms with van der Waals surface area (Å²) < 4.78 is 2.34. The molecule has 1 aromatic rings. The maximum Gasteiger partial charge on any atom is 0.111 e. The number of likely N-dealkylation sites (tertiary alicyclic amines) is 1. The molecule has 1 aliphatic heterocycles. The monoisotopic (exact) mass is 261 g/mol. The predicted octanol–water partition coefficient (Wildman–Crippen LogP) is 3.53. The van der Waals surface area contributed by atoms with Crippen molar-refractivity contribution in [1.82, 2.24) is 14.5 Å². The van der Waals surface area contributed by atoms with Crippen molar-refractivity contribution in [3.8, 4) is 0 Å². The summed E-state index contributed by atoms with van der Waals surface area (Å²) in [5.74, 6) is 1.71. The number of hydrogen-bond donors (Lipinski definition) is 0. The van der Waals surface area contributed by atoms with Crippen LogP contribution < -0.4 is 0 Å². The van der Waals surface area contributed by atoms with Gasteiger partial charge in [-0.1, -0.05) is 19.9 Å². The minimum absolute atomic E-state index is 0.491. The molecule has 106 valence electrons. The number of aryl methyl sites for hydroxylation is 1. The van der Waals surface area contributed by atoms with E-state index in [0.29, 0.717) is 5.92 Å². The van der Waals surface area contributed by atoms with Gasteiger partial charge in [-0.2, -0.15) is 0 Å². The van der Waals surface area contributed by atoms with E-state index < -0.39 is 0 Å². The van der Waals surface area contributed by atoms with Crippen LogP contribution in [-0.4, -0.2) is 34.1 Å². The maximum atomic E-state index is 4.71. The summed E-state index contributed by atoms with van der Waals surface area (Å²) in [6.45, 7) is 11.4. The van der Waals surface area contributed by atoms with E-state index >= 15 is 0 Å². The van der Waals surface area contributed by atoms with Gasteiger partial charge in [0.05, 0.1) is 5.69 Å². The van der Waals surface area contributed by atoms with E-state index in [1.807, 2.05) is 6.92 Å². The molecule has 0 atom stereocenters. The van der Waals surface area contributed by atoms with E-state index in [0.717, 1.165) is 12.2 Å². The van der Waals surface area contributed by atoms with Crippen LogP contribution in [0, 0.1) is 0 Å². The third-order valence-electron chi connectivity index (χ3n) is 3.75. The third-order valence-corrected chi connectivity index (χ3v) is 3.75. The molecule has 1 saturated heterocycles. The zero-order chi connectivity index (χ0) is 13.7. The number of aromatic nitrogens is 2. The van der Waals surface area contributed by atoms with E-state index in [4.69, 9.17) is 4.98 Å². The van der Waals surface area contributed by atoms with Crippen LogP contribution in [0.15, 0.2) is 12.3 Å². The second-order valence-corrected chi connectivity index (χ2v) is 5.77. The minimum atomic E-state index is 0.491. The van der Waals surface area contributed by atoms with E-state index in [1.165, 1.54) is 44.7 Å². The normalized spacial score (nSPS) is 17.1. The number of rotatable bonds is 6. The molecule has 1 fully saturated rings. The molecule has 0 spiro atoms. The lowest BCUT2D eigenvalue weighted by molar-refractivity contribution is 0.324. The molecule has 2 heterocycles. The van der Waals surface area contributed by atoms with Gasteiger partial charge in [-0.05, 0) is 51.9 Å². The highest BCUT2D eigenvalue weighted by Gasteiger charge is 2.13. The fourth-order valence-corrected chi connectivity index (χ4v) is 2.81. The highest BCUT2D eigenvalue weighted by molar-refractivity contribution is 5.43. The standard InChI is InChI=1S/C16H27N3/c1-4-8-15-13-19(16(17-15)14(2)3)12-7-11-18-9-5-6-10-18/h4,8,13-14H,5-7,9-12H2,1-3H3. The Bertz CT molecular complexity index is 412. The number of nitrogens with zero attached hydrogens (tertiary/aromatic N) is 3. The van der Waals surface area contributed by atoms with Crippen LogP contribution in [0.3, 0.4) is 0 Å². The molecule has 1 aromatic heterocycles. The Hall–Kier alpha value is -1.09. The van der Waals surface area contributed by atoms with Crippen LogP contribution in [0.25, 0.3) is 6.08 Å². The summed E-state index contributed by atoms with van der Waals surface area (Å²) in [5.41, 5.74) is 1.09. The lowest BCUT2D eigenvalue weighted by Crippen LogP contribution is -2.21. The molecule has 0 amide bonds. The quantitative estimate of drug-likeness (QED) is 0.781. The molecule has 0 aromatic carbocycles. The molecular formula is C16H27N3. The maximum absolute atomic E-state index is 4.71. The summed E-state index contributed by atoms with van der Waals surface area (Å²) in [6, 6.07) is 0. The molecule has 0 radical (unpaired) electrons. The summed E-state index contributed by atoms with van der Waals surface area (Å²) in [6.07, 6.45) is 10.3. The fourth-order valence-electron chi connectivity index (χ4n) is 2.81. The molecule has 19 heavy (non-hydrogen) atoms. The summed E-state index contributed by atoms with van der Waals surface area (Å²) in [5, 5.41) is 0. The van der Waals surface area contributed by atoms with Crippen molar-refractivity contribution in [2.45, 2.75) is 52.5 Å². The lowest BCUT2D eigenvalue weighted by atomic mass is 10.2. The topological polar surface area (TPSA) is 21.1 Å². The Morgan fingerprint density at radius 1 is 1.26 bits per heavy atom. The van der Waals surface area contributed by atoms with E-state index in [9.17, 15) is 0 Å². The molecule has 3 nitrogen and oxygen atoms in total. The number of imidazole rings is 1.